The molecule has 2 aliphatic rings. The first-order valence-corrected chi connectivity index (χ1v) is 11.4. The van der Waals surface area contributed by atoms with Crippen LogP contribution in [0.3, 0.4) is 0 Å². The minimum Gasteiger partial charge on any atom is -0.378 e. The Hall–Kier alpha value is -2.09. The van der Waals surface area contributed by atoms with E-state index in [1.807, 2.05) is 19.2 Å². The number of ether oxygens (including phenoxy) is 1. The number of aromatic nitrogens is 2. The predicted octanol–water partition coefficient (Wildman–Crippen LogP) is 4.59. The molecular weight excluding hydrogens is 437 g/mol. The van der Waals surface area contributed by atoms with Gasteiger partial charge in [0.1, 0.15) is 0 Å². The second kappa shape index (κ2) is 9.59. The number of carbonyl (C=O) groups excluding carboxylic acids is 1. The zero-order valence-electron chi connectivity index (χ0n) is 17.7. The van der Waals surface area contributed by atoms with Gasteiger partial charge >= 0.3 is 6.03 Å². The number of urea groups is 1. The highest BCUT2D eigenvalue weighted by Crippen LogP contribution is 2.26. The molecule has 1 aromatic carbocycles. The van der Waals surface area contributed by atoms with Gasteiger partial charge in [0.05, 0.1) is 34.4 Å². The third kappa shape index (κ3) is 5.40. The topological polar surface area (TPSA) is 79.4 Å². The summed E-state index contributed by atoms with van der Waals surface area (Å²) in [5.74, 6) is 0.615. The maximum Gasteiger partial charge on any atom is 0.318 e. The molecule has 0 bridgehead atoms. The molecule has 3 atom stereocenters. The number of fused-ring (bicyclic) bond motifs is 1. The van der Waals surface area contributed by atoms with Gasteiger partial charge in [-0.05, 0) is 56.4 Å². The molecule has 0 aliphatic carbocycles. The van der Waals surface area contributed by atoms with E-state index in [1.54, 1.807) is 17.0 Å². The van der Waals surface area contributed by atoms with Crippen molar-refractivity contribution in [2.24, 2.45) is 0 Å². The molecule has 0 radical (unpaired) electrons. The lowest BCUT2D eigenvalue weighted by atomic mass is 10.0. The standard InChI is InChI=1S/C22H27Cl2N5O2/c1-13-9-17(6-8-31-13)27-21-25-11-16-5-7-29(12-20(16)28-21)22(30)26-14(2)15-3-4-18(23)19(24)10-15/h3-4,10-11,13-14,17H,5-9,12H2,1-2H3,(H,26,30)(H,25,27,28). The Bertz CT molecular complexity index is 957. The molecule has 166 valence electrons. The van der Waals surface area contributed by atoms with E-state index >= 15 is 0 Å². The molecule has 2 aliphatic heterocycles. The maximum absolute atomic E-state index is 12.9. The van der Waals surface area contributed by atoms with Gasteiger partial charge in [-0.2, -0.15) is 0 Å². The van der Waals surface area contributed by atoms with Gasteiger partial charge in [0.25, 0.3) is 0 Å². The summed E-state index contributed by atoms with van der Waals surface area (Å²) in [6.45, 7) is 5.83. The van der Waals surface area contributed by atoms with Crippen molar-refractivity contribution in [3.05, 3.63) is 51.3 Å². The molecule has 2 amide bonds. The predicted molar refractivity (Wildman–Crippen MR) is 122 cm³/mol. The van der Waals surface area contributed by atoms with Crippen molar-refractivity contribution >= 4 is 35.2 Å². The van der Waals surface area contributed by atoms with E-state index in [0.29, 0.717) is 35.1 Å². The maximum atomic E-state index is 12.9. The minimum atomic E-state index is -0.193. The van der Waals surface area contributed by atoms with E-state index in [4.69, 9.17) is 32.9 Å². The lowest BCUT2D eigenvalue weighted by molar-refractivity contribution is 0.0231. The summed E-state index contributed by atoms with van der Waals surface area (Å²) in [6.07, 6.45) is 4.72. The first kappa shape index (κ1) is 22.1. The Labute approximate surface area is 192 Å². The fourth-order valence-corrected chi connectivity index (χ4v) is 4.31. The second-order valence-corrected chi connectivity index (χ2v) is 9.04. The number of nitrogens with zero attached hydrogens (tertiary/aromatic N) is 3. The summed E-state index contributed by atoms with van der Waals surface area (Å²) in [7, 11) is 0. The Morgan fingerprint density at radius 1 is 1.32 bits per heavy atom. The van der Waals surface area contributed by atoms with Crippen LogP contribution >= 0.6 is 23.2 Å². The van der Waals surface area contributed by atoms with E-state index < -0.39 is 0 Å². The Kier molecular flexibility index (Phi) is 6.84. The SMILES string of the molecule is CC1CC(Nc2ncc3c(n2)CN(C(=O)NC(C)c2ccc(Cl)c(Cl)c2)CC3)CCO1. The van der Waals surface area contributed by atoms with Crippen LogP contribution in [-0.2, 0) is 17.7 Å². The van der Waals surface area contributed by atoms with Crippen LogP contribution in [0.25, 0.3) is 0 Å². The number of hydrogen-bond donors (Lipinski definition) is 2. The van der Waals surface area contributed by atoms with E-state index in [-0.39, 0.29) is 18.2 Å². The first-order valence-electron chi connectivity index (χ1n) is 10.6. The number of nitrogens with one attached hydrogen (secondary N) is 2. The minimum absolute atomic E-state index is 0.129. The number of halogens is 2. The summed E-state index contributed by atoms with van der Waals surface area (Å²) in [5.41, 5.74) is 2.88. The van der Waals surface area contributed by atoms with Crippen molar-refractivity contribution in [3.63, 3.8) is 0 Å². The molecule has 3 heterocycles. The van der Waals surface area contributed by atoms with Gasteiger partial charge in [-0.3, -0.25) is 0 Å². The van der Waals surface area contributed by atoms with Crippen LogP contribution in [0.5, 0.6) is 0 Å². The molecule has 2 N–H and O–H groups in total. The van der Waals surface area contributed by atoms with Crippen molar-refractivity contribution < 1.29 is 9.53 Å². The molecule has 2 aromatic rings. The van der Waals surface area contributed by atoms with Gasteiger partial charge in [0.15, 0.2) is 0 Å². The van der Waals surface area contributed by atoms with Crippen LogP contribution in [-0.4, -0.2) is 46.2 Å². The van der Waals surface area contributed by atoms with Crippen molar-refractivity contribution in [1.29, 1.82) is 0 Å². The summed E-state index contributed by atoms with van der Waals surface area (Å²) in [5, 5.41) is 7.44. The zero-order chi connectivity index (χ0) is 22.0. The molecule has 1 aromatic heterocycles. The third-order valence-corrected chi connectivity index (χ3v) is 6.57. The highest BCUT2D eigenvalue weighted by Gasteiger charge is 2.25. The Balaban J connectivity index is 1.39. The molecule has 1 fully saturated rings. The van der Waals surface area contributed by atoms with E-state index in [9.17, 15) is 4.79 Å². The van der Waals surface area contributed by atoms with E-state index in [0.717, 1.165) is 42.7 Å². The zero-order valence-corrected chi connectivity index (χ0v) is 19.2. The van der Waals surface area contributed by atoms with E-state index in [2.05, 4.69) is 22.5 Å². The van der Waals surface area contributed by atoms with Gasteiger partial charge < -0.3 is 20.3 Å². The van der Waals surface area contributed by atoms with Crippen molar-refractivity contribution in [2.75, 3.05) is 18.5 Å². The molecule has 31 heavy (non-hydrogen) atoms. The van der Waals surface area contributed by atoms with Gasteiger partial charge in [0, 0.05) is 25.4 Å². The molecule has 0 spiro atoms. The summed E-state index contributed by atoms with van der Waals surface area (Å²) >= 11 is 12.1. The number of rotatable bonds is 4. The average molecular weight is 464 g/mol. The van der Waals surface area contributed by atoms with Gasteiger partial charge in [0.2, 0.25) is 5.95 Å². The van der Waals surface area contributed by atoms with Crippen LogP contribution in [0.1, 0.15) is 49.6 Å². The molecule has 3 unspecified atom stereocenters. The number of anilines is 1. The summed E-state index contributed by atoms with van der Waals surface area (Å²) < 4.78 is 5.61. The van der Waals surface area contributed by atoms with Crippen molar-refractivity contribution in [2.45, 2.75) is 57.8 Å². The average Bonchev–Trinajstić information content (AvgIpc) is 2.75. The second-order valence-electron chi connectivity index (χ2n) is 8.23. The smallest absolute Gasteiger partial charge is 0.318 e. The Morgan fingerprint density at radius 3 is 2.94 bits per heavy atom. The molecule has 4 rings (SSSR count). The molecule has 9 heteroatoms. The number of carbonyl (C=O) groups is 1. The quantitative estimate of drug-likeness (QED) is 0.692. The molecular formula is C22H27Cl2N5O2. The Morgan fingerprint density at radius 2 is 2.16 bits per heavy atom. The number of benzene rings is 1. The van der Waals surface area contributed by atoms with Crippen LogP contribution in [0.4, 0.5) is 10.7 Å². The normalized spacial score (nSPS) is 21.9. The summed E-state index contributed by atoms with van der Waals surface area (Å²) in [4.78, 5) is 23.8. The van der Waals surface area contributed by atoms with Gasteiger partial charge in [-0.25, -0.2) is 14.8 Å². The number of amides is 2. The van der Waals surface area contributed by atoms with E-state index in [1.165, 1.54) is 0 Å². The van der Waals surface area contributed by atoms with Crippen LogP contribution in [0.2, 0.25) is 10.0 Å². The molecule has 1 saturated heterocycles. The highest BCUT2D eigenvalue weighted by molar-refractivity contribution is 6.42. The van der Waals surface area contributed by atoms with Crippen LogP contribution in [0.15, 0.2) is 24.4 Å². The lowest BCUT2D eigenvalue weighted by Gasteiger charge is -2.30. The lowest BCUT2D eigenvalue weighted by Crippen LogP contribution is -2.44. The molecule has 7 nitrogen and oxygen atoms in total. The monoisotopic (exact) mass is 463 g/mol. The fraction of sp³-hybridized carbons (Fsp3) is 0.500. The van der Waals surface area contributed by atoms with Gasteiger partial charge in [-0.15, -0.1) is 0 Å². The molecule has 0 saturated carbocycles. The third-order valence-electron chi connectivity index (χ3n) is 5.84. The van der Waals surface area contributed by atoms with Crippen LogP contribution < -0.4 is 10.6 Å². The van der Waals surface area contributed by atoms with Crippen molar-refractivity contribution in [3.8, 4) is 0 Å². The van der Waals surface area contributed by atoms with Gasteiger partial charge in [-0.1, -0.05) is 29.3 Å². The summed E-state index contributed by atoms with van der Waals surface area (Å²) in [6, 6.07) is 5.37. The van der Waals surface area contributed by atoms with Crippen molar-refractivity contribution in [1.82, 2.24) is 20.2 Å². The largest absolute Gasteiger partial charge is 0.378 e. The first-order chi connectivity index (χ1) is 14.9. The number of hydrogen-bond acceptors (Lipinski definition) is 5. The fourth-order valence-electron chi connectivity index (χ4n) is 4.00. The van der Waals surface area contributed by atoms with Crippen LogP contribution in [0, 0.1) is 0 Å². The highest BCUT2D eigenvalue weighted by atomic mass is 35.5.